The number of hydrogen-bond acceptors (Lipinski definition) is 6. The average molecular weight is 314 g/mol. The van der Waals surface area contributed by atoms with Crippen LogP contribution in [0.1, 0.15) is 25.3 Å². The number of rotatable bonds is 4. The molecule has 0 aliphatic carbocycles. The number of hydrogen-bond donors (Lipinski definition) is 2. The zero-order chi connectivity index (χ0) is 16.8. The topological polar surface area (TPSA) is 121 Å². The molecule has 2 rings (SSSR count). The van der Waals surface area contributed by atoms with Crippen molar-refractivity contribution in [1.82, 2.24) is 5.43 Å². The highest BCUT2D eigenvalue weighted by Crippen LogP contribution is 2.10. The van der Waals surface area contributed by atoms with Crippen LogP contribution in [0.5, 0.6) is 0 Å². The van der Waals surface area contributed by atoms with E-state index in [1.807, 2.05) is 6.07 Å². The van der Waals surface area contributed by atoms with E-state index in [2.05, 4.69) is 15.8 Å². The minimum Gasteiger partial charge on any atom is -0.448 e. The van der Waals surface area contributed by atoms with Gasteiger partial charge in [-0.2, -0.15) is 10.4 Å². The van der Waals surface area contributed by atoms with E-state index in [1.54, 1.807) is 24.3 Å². The van der Waals surface area contributed by atoms with Crippen molar-refractivity contribution < 1.29 is 19.1 Å². The smallest absolute Gasteiger partial charge is 0.355 e. The van der Waals surface area contributed by atoms with Gasteiger partial charge < -0.3 is 10.1 Å². The van der Waals surface area contributed by atoms with Crippen molar-refractivity contribution in [1.29, 1.82) is 5.26 Å². The first-order valence-corrected chi connectivity index (χ1v) is 6.87. The third-order valence-corrected chi connectivity index (χ3v) is 3.07. The van der Waals surface area contributed by atoms with E-state index < -0.39 is 18.0 Å². The highest BCUT2D eigenvalue weighted by Gasteiger charge is 2.24. The van der Waals surface area contributed by atoms with E-state index in [9.17, 15) is 14.4 Å². The number of benzene rings is 1. The van der Waals surface area contributed by atoms with Crippen molar-refractivity contribution in [3.63, 3.8) is 0 Å². The van der Waals surface area contributed by atoms with Gasteiger partial charge in [-0.15, -0.1) is 0 Å². The van der Waals surface area contributed by atoms with Crippen molar-refractivity contribution in [2.24, 2.45) is 5.10 Å². The number of anilines is 1. The maximum atomic E-state index is 12.0. The van der Waals surface area contributed by atoms with E-state index in [1.165, 1.54) is 6.92 Å². The lowest BCUT2D eigenvalue weighted by Crippen LogP contribution is -2.35. The van der Waals surface area contributed by atoms with Gasteiger partial charge in [0.25, 0.3) is 5.91 Å². The number of ether oxygens (including phenoxy) is 1. The molecule has 8 heteroatoms. The summed E-state index contributed by atoms with van der Waals surface area (Å²) in [6.45, 7) is 1.43. The number of carbonyl (C=O) groups is 3. The monoisotopic (exact) mass is 314 g/mol. The van der Waals surface area contributed by atoms with Crippen LogP contribution >= 0.6 is 0 Å². The Labute approximate surface area is 132 Å². The summed E-state index contributed by atoms with van der Waals surface area (Å²) in [4.78, 5) is 34.8. The predicted octanol–water partition coefficient (Wildman–Crippen LogP) is 0.694. The zero-order valence-electron chi connectivity index (χ0n) is 12.3. The molecule has 0 saturated heterocycles. The molecule has 1 aromatic carbocycles. The maximum absolute atomic E-state index is 12.0. The van der Waals surface area contributed by atoms with Crippen LogP contribution in [0.4, 0.5) is 5.69 Å². The maximum Gasteiger partial charge on any atom is 0.355 e. The van der Waals surface area contributed by atoms with Crippen LogP contribution < -0.4 is 10.7 Å². The van der Waals surface area contributed by atoms with Crippen LogP contribution in [-0.2, 0) is 19.1 Å². The highest BCUT2D eigenvalue weighted by molar-refractivity contribution is 6.37. The highest BCUT2D eigenvalue weighted by atomic mass is 16.5. The van der Waals surface area contributed by atoms with Gasteiger partial charge in [-0.05, 0) is 31.2 Å². The van der Waals surface area contributed by atoms with Crippen molar-refractivity contribution in [2.45, 2.75) is 25.9 Å². The Hall–Kier alpha value is -3.21. The van der Waals surface area contributed by atoms with Gasteiger partial charge in [0, 0.05) is 18.5 Å². The Morgan fingerprint density at radius 1 is 1.35 bits per heavy atom. The van der Waals surface area contributed by atoms with Gasteiger partial charge in [-0.25, -0.2) is 10.2 Å². The van der Waals surface area contributed by atoms with E-state index in [0.29, 0.717) is 11.3 Å². The molecule has 0 bridgehead atoms. The van der Waals surface area contributed by atoms with Gasteiger partial charge in [-0.3, -0.25) is 9.59 Å². The molecule has 1 heterocycles. The predicted molar refractivity (Wildman–Crippen MR) is 80.2 cm³/mol. The Bertz CT molecular complexity index is 703. The molecule has 118 valence electrons. The molecule has 0 saturated carbocycles. The Morgan fingerprint density at radius 2 is 2.04 bits per heavy atom. The summed E-state index contributed by atoms with van der Waals surface area (Å²) in [7, 11) is 0. The first-order chi connectivity index (χ1) is 11.0. The molecule has 8 nitrogen and oxygen atoms in total. The number of nitrogens with zero attached hydrogens (tertiary/aromatic N) is 2. The minimum atomic E-state index is -1.03. The van der Waals surface area contributed by atoms with Gasteiger partial charge >= 0.3 is 5.97 Å². The number of amides is 2. The van der Waals surface area contributed by atoms with E-state index in [-0.39, 0.29) is 24.5 Å². The molecule has 2 amide bonds. The van der Waals surface area contributed by atoms with E-state index >= 15 is 0 Å². The fraction of sp³-hybridized carbons (Fsp3) is 0.267. The third kappa shape index (κ3) is 4.38. The zero-order valence-corrected chi connectivity index (χ0v) is 12.3. The first-order valence-electron chi connectivity index (χ1n) is 6.87. The Morgan fingerprint density at radius 3 is 2.61 bits per heavy atom. The quantitative estimate of drug-likeness (QED) is 0.792. The second-order valence-electron chi connectivity index (χ2n) is 4.82. The molecule has 0 unspecified atom stereocenters. The molecule has 0 radical (unpaired) electrons. The molecule has 2 N–H and O–H groups in total. The van der Waals surface area contributed by atoms with Gasteiger partial charge in [0.2, 0.25) is 5.91 Å². The Balaban J connectivity index is 1.90. The van der Waals surface area contributed by atoms with Gasteiger partial charge in [-0.1, -0.05) is 0 Å². The fourth-order valence-corrected chi connectivity index (χ4v) is 1.78. The van der Waals surface area contributed by atoms with E-state index in [4.69, 9.17) is 10.00 Å². The van der Waals surface area contributed by atoms with Gasteiger partial charge in [0.1, 0.15) is 5.71 Å². The normalized spacial score (nSPS) is 14.8. The largest absolute Gasteiger partial charge is 0.448 e. The number of nitriles is 1. The van der Waals surface area contributed by atoms with Crippen LogP contribution in [0.2, 0.25) is 0 Å². The average Bonchev–Trinajstić information content (AvgIpc) is 2.56. The van der Waals surface area contributed by atoms with Gasteiger partial charge in [0.05, 0.1) is 11.6 Å². The standard InChI is InChI=1S/C15H14N4O4/c1-9(23-15(22)12-6-7-13(20)19-18-12)14(21)17-11-4-2-10(8-16)3-5-11/h2-5,9H,6-7H2,1H3,(H,17,21)(H,19,20)/t9-/m1/s1. The second-order valence-corrected chi connectivity index (χ2v) is 4.82. The minimum absolute atomic E-state index is 0.0719. The molecule has 0 fully saturated rings. The van der Waals surface area contributed by atoms with Crippen molar-refractivity contribution in [3.05, 3.63) is 29.8 Å². The van der Waals surface area contributed by atoms with Crippen molar-refractivity contribution in [3.8, 4) is 6.07 Å². The molecule has 1 aliphatic rings. The van der Waals surface area contributed by atoms with Crippen LogP contribution in [0.25, 0.3) is 0 Å². The molecule has 0 spiro atoms. The van der Waals surface area contributed by atoms with Crippen LogP contribution in [-0.4, -0.2) is 29.6 Å². The molecular formula is C15H14N4O4. The number of nitrogens with one attached hydrogen (secondary N) is 2. The summed E-state index contributed by atoms with van der Waals surface area (Å²) in [6.07, 6.45) is -0.701. The summed E-state index contributed by atoms with van der Waals surface area (Å²) in [5.41, 5.74) is 3.22. The fourth-order valence-electron chi connectivity index (χ4n) is 1.78. The lowest BCUT2D eigenvalue weighted by Gasteiger charge is -2.15. The Kier molecular flexibility index (Phi) is 5.04. The van der Waals surface area contributed by atoms with E-state index in [0.717, 1.165) is 0 Å². The van der Waals surface area contributed by atoms with Crippen molar-refractivity contribution >= 4 is 29.2 Å². The van der Waals surface area contributed by atoms with Gasteiger partial charge in [0.15, 0.2) is 6.10 Å². The summed E-state index contributed by atoms with van der Waals surface area (Å²) in [6, 6.07) is 8.24. The number of esters is 1. The lowest BCUT2D eigenvalue weighted by molar-refractivity contribution is -0.146. The molecule has 23 heavy (non-hydrogen) atoms. The summed E-state index contributed by atoms with van der Waals surface area (Å²) < 4.78 is 5.02. The number of carbonyl (C=O) groups excluding carboxylic acids is 3. The lowest BCUT2D eigenvalue weighted by atomic mass is 10.2. The molecule has 0 aromatic heterocycles. The van der Waals surface area contributed by atoms with Crippen LogP contribution in [0.15, 0.2) is 29.4 Å². The first kappa shape index (κ1) is 16.2. The SMILES string of the molecule is C[C@@H](OC(=O)C1=NNC(=O)CC1)C(=O)Nc1ccc(C#N)cc1. The summed E-state index contributed by atoms with van der Waals surface area (Å²) in [5.74, 6) is -1.52. The van der Waals surface area contributed by atoms with Crippen LogP contribution in [0, 0.1) is 11.3 Å². The molecular weight excluding hydrogens is 300 g/mol. The molecule has 1 atom stereocenters. The second kappa shape index (κ2) is 7.17. The number of hydrazone groups is 1. The van der Waals surface area contributed by atoms with Crippen molar-refractivity contribution in [2.75, 3.05) is 5.32 Å². The van der Waals surface area contributed by atoms with Crippen LogP contribution in [0.3, 0.4) is 0 Å². The molecule has 1 aliphatic heterocycles. The summed E-state index contributed by atoms with van der Waals surface area (Å²) >= 11 is 0. The third-order valence-electron chi connectivity index (χ3n) is 3.07. The summed E-state index contributed by atoms with van der Waals surface area (Å²) in [5, 5.41) is 14.9. The molecule has 1 aromatic rings.